The van der Waals surface area contributed by atoms with Crippen LogP contribution in [-0.4, -0.2) is 48.0 Å². The van der Waals surface area contributed by atoms with Crippen molar-refractivity contribution in [1.29, 1.82) is 0 Å². The Bertz CT molecular complexity index is 207. The van der Waals surface area contributed by atoms with Gasteiger partial charge in [0.05, 0.1) is 0 Å². The number of rotatable bonds is 0. The lowest BCUT2D eigenvalue weighted by Crippen LogP contribution is -2.58. The number of piperazine rings is 1. The van der Waals surface area contributed by atoms with Gasteiger partial charge in [0.25, 0.3) is 0 Å². The topological polar surface area (TPSA) is 52.6 Å². The summed E-state index contributed by atoms with van der Waals surface area (Å²) >= 11 is 0. The summed E-state index contributed by atoms with van der Waals surface area (Å²) in [5, 5.41) is 10.7. The van der Waals surface area contributed by atoms with Crippen LogP contribution in [0.25, 0.3) is 0 Å². The fourth-order valence-corrected chi connectivity index (χ4v) is 1.14. The minimum Gasteiger partial charge on any atom is -0.465 e. The monoisotopic (exact) mass is 198 g/mol. The van der Waals surface area contributed by atoms with E-state index in [0.29, 0.717) is 0 Å². The summed E-state index contributed by atoms with van der Waals surface area (Å²) in [6.45, 7) is -0.392. The summed E-state index contributed by atoms with van der Waals surface area (Å²) in [6.07, 6.45) is -5.69. The van der Waals surface area contributed by atoms with E-state index in [-0.39, 0.29) is 13.1 Å². The molecule has 0 aromatic heterocycles. The van der Waals surface area contributed by atoms with Gasteiger partial charge < -0.3 is 15.3 Å². The third-order valence-electron chi connectivity index (χ3n) is 1.84. The number of amides is 1. The third kappa shape index (κ3) is 2.48. The fraction of sp³-hybridized carbons (Fsp3) is 0.833. The Kier molecular flexibility index (Phi) is 2.65. The van der Waals surface area contributed by atoms with Crippen LogP contribution >= 0.6 is 0 Å². The number of alkyl halides is 3. The van der Waals surface area contributed by atoms with E-state index >= 15 is 0 Å². The molecular formula is C6H9F3N2O2. The molecule has 1 fully saturated rings. The first-order valence-corrected chi connectivity index (χ1v) is 3.69. The molecule has 0 bridgehead atoms. The van der Waals surface area contributed by atoms with Crippen LogP contribution in [0.3, 0.4) is 0 Å². The van der Waals surface area contributed by atoms with E-state index in [1.807, 2.05) is 0 Å². The summed E-state index contributed by atoms with van der Waals surface area (Å²) in [5.74, 6) is 0. The highest BCUT2D eigenvalue weighted by molar-refractivity contribution is 5.65. The molecule has 0 unspecified atom stereocenters. The molecule has 13 heavy (non-hydrogen) atoms. The van der Waals surface area contributed by atoms with Crippen molar-refractivity contribution in [3.63, 3.8) is 0 Å². The highest BCUT2D eigenvalue weighted by Crippen LogP contribution is 2.22. The van der Waals surface area contributed by atoms with Crippen LogP contribution in [-0.2, 0) is 0 Å². The average Bonchev–Trinajstić information content (AvgIpc) is 2.03. The van der Waals surface area contributed by atoms with Crippen LogP contribution in [0.1, 0.15) is 0 Å². The highest BCUT2D eigenvalue weighted by atomic mass is 19.4. The minimum atomic E-state index is -4.38. The fourth-order valence-electron chi connectivity index (χ4n) is 1.14. The summed E-state index contributed by atoms with van der Waals surface area (Å²) in [7, 11) is 0. The van der Waals surface area contributed by atoms with Crippen LogP contribution in [0.15, 0.2) is 0 Å². The molecule has 1 aliphatic rings. The van der Waals surface area contributed by atoms with Gasteiger partial charge in [0.15, 0.2) is 0 Å². The maximum Gasteiger partial charge on any atom is 0.407 e. The first-order valence-electron chi connectivity index (χ1n) is 3.69. The Balaban J connectivity index is 2.57. The van der Waals surface area contributed by atoms with Gasteiger partial charge in [-0.05, 0) is 0 Å². The van der Waals surface area contributed by atoms with E-state index < -0.39 is 24.9 Å². The van der Waals surface area contributed by atoms with Crippen molar-refractivity contribution in [3.05, 3.63) is 0 Å². The molecule has 0 radical (unpaired) electrons. The SMILES string of the molecule is O=C(O)N1CCN[C@H](C(F)(F)F)C1. The summed E-state index contributed by atoms with van der Waals surface area (Å²) in [4.78, 5) is 11.1. The van der Waals surface area contributed by atoms with Crippen molar-refractivity contribution < 1.29 is 23.1 Å². The van der Waals surface area contributed by atoms with Crippen LogP contribution < -0.4 is 5.32 Å². The lowest BCUT2D eigenvalue weighted by atomic mass is 10.2. The molecule has 0 aromatic rings. The molecule has 1 amide bonds. The molecule has 1 saturated heterocycles. The molecule has 1 aliphatic heterocycles. The van der Waals surface area contributed by atoms with Crippen molar-refractivity contribution in [3.8, 4) is 0 Å². The van der Waals surface area contributed by atoms with Crippen LogP contribution in [0.5, 0.6) is 0 Å². The number of halogens is 3. The van der Waals surface area contributed by atoms with Gasteiger partial charge in [-0.25, -0.2) is 4.79 Å². The molecule has 1 atom stereocenters. The first kappa shape index (κ1) is 10.1. The van der Waals surface area contributed by atoms with Gasteiger partial charge in [0, 0.05) is 19.6 Å². The molecule has 0 saturated carbocycles. The largest absolute Gasteiger partial charge is 0.465 e. The van der Waals surface area contributed by atoms with E-state index in [2.05, 4.69) is 5.32 Å². The highest BCUT2D eigenvalue weighted by Gasteiger charge is 2.42. The van der Waals surface area contributed by atoms with Gasteiger partial charge >= 0.3 is 12.3 Å². The van der Waals surface area contributed by atoms with Crippen molar-refractivity contribution in [1.82, 2.24) is 10.2 Å². The van der Waals surface area contributed by atoms with Crippen molar-refractivity contribution in [2.45, 2.75) is 12.2 Å². The zero-order valence-corrected chi connectivity index (χ0v) is 6.64. The quantitative estimate of drug-likeness (QED) is 0.596. The maximum absolute atomic E-state index is 12.1. The molecule has 2 N–H and O–H groups in total. The zero-order valence-electron chi connectivity index (χ0n) is 6.64. The smallest absolute Gasteiger partial charge is 0.407 e. The lowest BCUT2D eigenvalue weighted by Gasteiger charge is -2.32. The van der Waals surface area contributed by atoms with E-state index in [0.717, 1.165) is 4.90 Å². The Morgan fingerprint density at radius 1 is 1.54 bits per heavy atom. The van der Waals surface area contributed by atoms with Gasteiger partial charge in [-0.3, -0.25) is 0 Å². The Labute approximate surface area is 72.3 Å². The Morgan fingerprint density at radius 2 is 2.15 bits per heavy atom. The Morgan fingerprint density at radius 3 is 2.62 bits per heavy atom. The summed E-state index contributed by atoms with van der Waals surface area (Å²) in [5.41, 5.74) is 0. The van der Waals surface area contributed by atoms with E-state index in [9.17, 15) is 18.0 Å². The number of carbonyl (C=O) groups is 1. The average molecular weight is 198 g/mol. The molecule has 0 aromatic carbocycles. The summed E-state index contributed by atoms with van der Waals surface area (Å²) < 4.78 is 36.3. The van der Waals surface area contributed by atoms with Crippen LogP contribution in [0, 0.1) is 0 Å². The zero-order chi connectivity index (χ0) is 10.1. The van der Waals surface area contributed by atoms with Gasteiger partial charge in [0.1, 0.15) is 6.04 Å². The molecule has 7 heteroatoms. The second-order valence-electron chi connectivity index (χ2n) is 2.78. The molecular weight excluding hydrogens is 189 g/mol. The second kappa shape index (κ2) is 3.41. The number of carboxylic acid groups (broad SMARTS) is 1. The normalized spacial score (nSPS) is 24.5. The van der Waals surface area contributed by atoms with Crippen molar-refractivity contribution >= 4 is 6.09 Å². The lowest BCUT2D eigenvalue weighted by molar-refractivity contribution is -0.162. The number of hydrogen-bond acceptors (Lipinski definition) is 2. The first-order chi connectivity index (χ1) is 5.91. The van der Waals surface area contributed by atoms with Gasteiger partial charge in [-0.1, -0.05) is 0 Å². The molecule has 1 rings (SSSR count). The number of nitrogens with one attached hydrogen (secondary N) is 1. The predicted molar refractivity (Wildman–Crippen MR) is 37.4 cm³/mol. The molecule has 1 heterocycles. The molecule has 0 aliphatic carbocycles. The van der Waals surface area contributed by atoms with E-state index in [1.165, 1.54) is 0 Å². The standard InChI is InChI=1S/C6H9F3N2O2/c7-6(8,9)4-3-11(5(12)13)2-1-10-4/h4,10H,1-3H2,(H,12,13)/t4-/m0/s1. The van der Waals surface area contributed by atoms with Crippen LogP contribution in [0.4, 0.5) is 18.0 Å². The van der Waals surface area contributed by atoms with Crippen molar-refractivity contribution in [2.75, 3.05) is 19.6 Å². The number of hydrogen-bond donors (Lipinski definition) is 2. The maximum atomic E-state index is 12.1. The van der Waals surface area contributed by atoms with E-state index in [4.69, 9.17) is 5.11 Å². The van der Waals surface area contributed by atoms with E-state index in [1.54, 1.807) is 0 Å². The van der Waals surface area contributed by atoms with Gasteiger partial charge in [0.2, 0.25) is 0 Å². The summed E-state index contributed by atoms with van der Waals surface area (Å²) in [6, 6.07) is -1.74. The number of nitrogens with zero attached hydrogens (tertiary/aromatic N) is 1. The Hall–Kier alpha value is -0.980. The molecule has 4 nitrogen and oxygen atoms in total. The van der Waals surface area contributed by atoms with Crippen molar-refractivity contribution in [2.24, 2.45) is 0 Å². The third-order valence-corrected chi connectivity index (χ3v) is 1.84. The molecule has 0 spiro atoms. The van der Waals surface area contributed by atoms with Gasteiger partial charge in [-0.2, -0.15) is 13.2 Å². The minimum absolute atomic E-state index is 0.0382. The second-order valence-corrected chi connectivity index (χ2v) is 2.78. The predicted octanol–water partition coefficient (Wildman–Crippen LogP) is 0.500. The van der Waals surface area contributed by atoms with Gasteiger partial charge in [-0.15, -0.1) is 0 Å². The molecule has 76 valence electrons. The van der Waals surface area contributed by atoms with Crippen LogP contribution in [0.2, 0.25) is 0 Å².